The van der Waals surface area contributed by atoms with Crippen molar-refractivity contribution < 1.29 is 28.5 Å². The highest BCUT2D eigenvalue weighted by Gasteiger charge is 2.56. The van der Waals surface area contributed by atoms with Crippen LogP contribution in [-0.2, 0) is 6.42 Å². The summed E-state index contributed by atoms with van der Waals surface area (Å²) in [6, 6.07) is 9.08. The standard InChI is InChI=1S/C18H24O.C11H20F5NS.H2/c1-18-11-10-14-13-5-3-2-4-12(13)6-7-15(14)16(18)8-9-17(18)19;1-5-9(2,3)17(4)18-8-6-7-10(12,13)11(14,15)16;/h2-5,14-17,19H,6-11H2,1H3;5-8H2,1-4H3;1H. The predicted molar refractivity (Wildman–Crippen MR) is 144 cm³/mol. The molecule has 214 valence electrons. The monoisotopic (exact) mass is 551 g/mol. The molecule has 2 nitrogen and oxygen atoms in total. The molecule has 0 heterocycles. The van der Waals surface area contributed by atoms with Crippen LogP contribution in [0, 0.1) is 17.3 Å². The van der Waals surface area contributed by atoms with Gasteiger partial charge in [-0.15, -0.1) is 0 Å². The molecule has 4 rings (SSSR count). The Bertz CT molecular complexity index is 898. The van der Waals surface area contributed by atoms with Crippen LogP contribution in [0.15, 0.2) is 24.3 Å². The van der Waals surface area contributed by atoms with Crippen LogP contribution in [0.3, 0.4) is 0 Å². The summed E-state index contributed by atoms with van der Waals surface area (Å²) in [4.78, 5) is 0. The second-order valence-electron chi connectivity index (χ2n) is 12.1. The van der Waals surface area contributed by atoms with Crippen molar-refractivity contribution in [3.63, 3.8) is 0 Å². The summed E-state index contributed by atoms with van der Waals surface area (Å²) >= 11 is 1.29. The molecule has 5 unspecified atom stereocenters. The molecule has 5 atom stereocenters. The lowest BCUT2D eigenvalue weighted by Gasteiger charge is -2.50. The van der Waals surface area contributed by atoms with Gasteiger partial charge < -0.3 is 5.11 Å². The van der Waals surface area contributed by atoms with Gasteiger partial charge in [-0.1, -0.05) is 50.1 Å². The third-order valence-corrected chi connectivity index (χ3v) is 11.0. The smallest absolute Gasteiger partial charge is 0.393 e. The van der Waals surface area contributed by atoms with E-state index in [1.807, 2.05) is 32.1 Å². The number of benzene rings is 1. The normalized spacial score (nSPS) is 29.7. The molecule has 0 radical (unpaired) electrons. The predicted octanol–water partition coefficient (Wildman–Crippen LogP) is 8.88. The third kappa shape index (κ3) is 6.66. The van der Waals surface area contributed by atoms with E-state index in [9.17, 15) is 27.1 Å². The highest BCUT2D eigenvalue weighted by atomic mass is 32.2. The summed E-state index contributed by atoms with van der Waals surface area (Å²) in [6.07, 6.45) is 1.45. The Labute approximate surface area is 225 Å². The van der Waals surface area contributed by atoms with Crippen molar-refractivity contribution in [2.45, 2.75) is 115 Å². The third-order valence-electron chi connectivity index (χ3n) is 9.64. The Kier molecular flexibility index (Phi) is 9.71. The molecule has 37 heavy (non-hydrogen) atoms. The van der Waals surface area contributed by atoms with E-state index in [-0.39, 0.29) is 30.7 Å². The molecule has 0 bridgehead atoms. The highest BCUT2D eigenvalue weighted by molar-refractivity contribution is 7.97. The Hall–Kier alpha value is -0.860. The van der Waals surface area contributed by atoms with E-state index in [1.165, 1.54) is 44.1 Å². The van der Waals surface area contributed by atoms with Gasteiger partial charge in [-0.25, -0.2) is 4.31 Å². The molecule has 1 N–H and O–H groups in total. The van der Waals surface area contributed by atoms with Gasteiger partial charge in [-0.05, 0) is 107 Å². The molecule has 1 aromatic carbocycles. The Morgan fingerprint density at radius 3 is 2.41 bits per heavy atom. The first kappa shape index (κ1) is 30.7. The lowest BCUT2D eigenvalue weighted by molar-refractivity contribution is -0.284. The Morgan fingerprint density at radius 2 is 1.76 bits per heavy atom. The largest absolute Gasteiger partial charge is 0.453 e. The van der Waals surface area contributed by atoms with E-state index in [0.717, 1.165) is 30.6 Å². The number of aliphatic hydroxyl groups excluding tert-OH is 1. The Morgan fingerprint density at radius 1 is 1.08 bits per heavy atom. The van der Waals surface area contributed by atoms with E-state index in [0.29, 0.717) is 0 Å². The van der Waals surface area contributed by atoms with E-state index >= 15 is 0 Å². The maximum atomic E-state index is 12.6. The van der Waals surface area contributed by atoms with E-state index in [4.69, 9.17) is 0 Å². The number of aliphatic hydroxyl groups is 1. The lowest BCUT2D eigenvalue weighted by Crippen LogP contribution is -2.43. The van der Waals surface area contributed by atoms with Crippen LogP contribution < -0.4 is 0 Å². The minimum absolute atomic E-state index is 0. The summed E-state index contributed by atoms with van der Waals surface area (Å²) in [7, 11) is 1.82. The van der Waals surface area contributed by atoms with Crippen LogP contribution in [0.25, 0.3) is 0 Å². The molecule has 2 saturated carbocycles. The lowest BCUT2D eigenvalue weighted by atomic mass is 9.55. The number of rotatable bonds is 7. The molecular formula is C29H46F5NOS. The summed E-state index contributed by atoms with van der Waals surface area (Å²) in [5.74, 6) is -1.97. The van der Waals surface area contributed by atoms with Crippen molar-refractivity contribution >= 4 is 11.9 Å². The molecule has 2 fully saturated rings. The van der Waals surface area contributed by atoms with Gasteiger partial charge >= 0.3 is 12.1 Å². The zero-order valence-corrected chi connectivity index (χ0v) is 23.7. The van der Waals surface area contributed by atoms with Crippen molar-refractivity contribution in [2.24, 2.45) is 17.3 Å². The van der Waals surface area contributed by atoms with Crippen molar-refractivity contribution in [3.8, 4) is 0 Å². The highest BCUT2D eigenvalue weighted by Crippen LogP contribution is 2.60. The van der Waals surface area contributed by atoms with Crippen LogP contribution in [0.1, 0.15) is 97.5 Å². The molecule has 0 spiro atoms. The second-order valence-corrected chi connectivity index (χ2v) is 13.3. The summed E-state index contributed by atoms with van der Waals surface area (Å²) < 4.78 is 62.8. The fraction of sp³-hybridized carbons (Fsp3) is 0.793. The molecule has 0 amide bonds. The topological polar surface area (TPSA) is 23.5 Å². The molecule has 0 saturated heterocycles. The van der Waals surface area contributed by atoms with E-state index in [1.54, 1.807) is 11.1 Å². The number of hydrogen-bond acceptors (Lipinski definition) is 3. The number of hydrogen-bond donors (Lipinski definition) is 1. The van der Waals surface area contributed by atoms with Gasteiger partial charge in [0.25, 0.3) is 0 Å². The SMILES string of the molecule is CC12CCC3c4ccccc4CCC3C1CCC2O.CCC(C)(C)N(C)SCCCC(F)(F)C(F)(F)F.[HH]. The summed E-state index contributed by atoms with van der Waals surface area (Å²) in [6.45, 7) is 8.33. The first-order valence-corrected chi connectivity index (χ1v) is 14.7. The van der Waals surface area contributed by atoms with Gasteiger partial charge in [0.1, 0.15) is 0 Å². The zero-order valence-electron chi connectivity index (χ0n) is 22.9. The van der Waals surface area contributed by atoms with Gasteiger partial charge in [0, 0.05) is 19.1 Å². The minimum atomic E-state index is -5.44. The van der Waals surface area contributed by atoms with Gasteiger partial charge in [0.15, 0.2) is 0 Å². The van der Waals surface area contributed by atoms with Gasteiger partial charge in [0.2, 0.25) is 0 Å². The molecule has 8 heteroatoms. The summed E-state index contributed by atoms with van der Waals surface area (Å²) in [5.41, 5.74) is 3.33. The van der Waals surface area contributed by atoms with Crippen molar-refractivity contribution in [1.82, 2.24) is 4.31 Å². The molecule has 0 aromatic heterocycles. The first-order valence-electron chi connectivity index (χ1n) is 13.7. The zero-order chi connectivity index (χ0) is 27.6. The average molecular weight is 552 g/mol. The minimum Gasteiger partial charge on any atom is -0.393 e. The number of alkyl halides is 5. The maximum Gasteiger partial charge on any atom is 0.453 e. The molecule has 1 aromatic rings. The van der Waals surface area contributed by atoms with Crippen LogP contribution >= 0.6 is 11.9 Å². The fourth-order valence-electron chi connectivity index (χ4n) is 6.53. The molecule has 0 aliphatic heterocycles. The summed E-state index contributed by atoms with van der Waals surface area (Å²) in [5, 5.41) is 10.4. The van der Waals surface area contributed by atoms with E-state index in [2.05, 4.69) is 31.2 Å². The quantitative estimate of drug-likeness (QED) is 0.208. The Balaban J connectivity index is 0.000000261. The van der Waals surface area contributed by atoms with Crippen molar-refractivity contribution in [2.75, 3.05) is 12.8 Å². The van der Waals surface area contributed by atoms with Crippen LogP contribution in [0.5, 0.6) is 0 Å². The number of nitrogens with zero attached hydrogens (tertiary/aromatic N) is 1. The van der Waals surface area contributed by atoms with Crippen molar-refractivity contribution in [3.05, 3.63) is 35.4 Å². The van der Waals surface area contributed by atoms with Crippen LogP contribution in [-0.4, -0.2) is 46.0 Å². The second kappa shape index (κ2) is 11.7. The molecule has 3 aliphatic rings. The molecule has 3 aliphatic carbocycles. The fourth-order valence-corrected chi connectivity index (χ4v) is 7.56. The number of aryl methyl sites for hydroxylation is 1. The molecular weight excluding hydrogens is 505 g/mol. The van der Waals surface area contributed by atoms with E-state index < -0.39 is 18.5 Å². The maximum absolute atomic E-state index is 12.6. The van der Waals surface area contributed by atoms with Gasteiger partial charge in [-0.2, -0.15) is 22.0 Å². The average Bonchev–Trinajstić information content (AvgIpc) is 3.15. The van der Waals surface area contributed by atoms with Crippen LogP contribution in [0.4, 0.5) is 22.0 Å². The number of halogens is 5. The first-order chi connectivity index (χ1) is 17.1. The number of fused-ring (bicyclic) bond motifs is 5. The van der Waals surface area contributed by atoms with Crippen molar-refractivity contribution in [1.29, 1.82) is 0 Å². The van der Waals surface area contributed by atoms with Crippen LogP contribution in [0.2, 0.25) is 0 Å². The van der Waals surface area contributed by atoms with Gasteiger partial charge in [0.05, 0.1) is 6.10 Å². The van der Waals surface area contributed by atoms with Gasteiger partial charge in [-0.3, -0.25) is 0 Å².